The van der Waals surface area contributed by atoms with Gasteiger partial charge in [-0.2, -0.15) is 0 Å². The third-order valence-corrected chi connectivity index (χ3v) is 4.28. The lowest BCUT2D eigenvalue weighted by Gasteiger charge is -2.25. The topological polar surface area (TPSA) is 66.8 Å². The number of hydrogen-bond donors (Lipinski definition) is 1. The molecule has 0 fully saturated rings. The summed E-state index contributed by atoms with van der Waals surface area (Å²) in [5.41, 5.74) is 0.680. The molecule has 0 bridgehead atoms. The van der Waals surface area contributed by atoms with Crippen molar-refractivity contribution in [1.29, 1.82) is 0 Å². The summed E-state index contributed by atoms with van der Waals surface area (Å²) in [6, 6.07) is 4.73. The van der Waals surface area contributed by atoms with Crippen LogP contribution in [0.3, 0.4) is 0 Å². The van der Waals surface area contributed by atoms with Gasteiger partial charge in [0.1, 0.15) is 11.4 Å². The highest BCUT2D eigenvalue weighted by Crippen LogP contribution is 2.28. The number of rotatable bonds is 9. The zero-order valence-electron chi connectivity index (χ0n) is 17.0. The van der Waals surface area contributed by atoms with E-state index < -0.39 is 17.5 Å². The number of likely N-dealkylation sites (N-methyl/N-ethyl adjacent to an activating group) is 1. The van der Waals surface area contributed by atoms with Gasteiger partial charge in [-0.25, -0.2) is 4.39 Å². The van der Waals surface area contributed by atoms with Crippen LogP contribution in [-0.4, -0.2) is 47.2 Å². The maximum atomic E-state index is 13.9. The number of carbonyl (C=O) groups excluding carboxylic acids is 2. The van der Waals surface area contributed by atoms with E-state index >= 15 is 0 Å². The van der Waals surface area contributed by atoms with Crippen LogP contribution in [0.4, 0.5) is 4.39 Å². The Balaban J connectivity index is 3.08. The molecule has 27 heavy (non-hydrogen) atoms. The second-order valence-electron chi connectivity index (χ2n) is 7.59. The molecule has 1 atom stereocenters. The van der Waals surface area contributed by atoms with Gasteiger partial charge in [-0.05, 0) is 51.3 Å². The predicted molar refractivity (Wildman–Crippen MR) is 103 cm³/mol. The Bertz CT molecular complexity index is 640. The summed E-state index contributed by atoms with van der Waals surface area (Å²) in [5, 5.41) is 9.13. The van der Waals surface area contributed by atoms with Crippen molar-refractivity contribution in [3.63, 3.8) is 0 Å². The van der Waals surface area contributed by atoms with Crippen molar-refractivity contribution in [3.05, 3.63) is 35.1 Å². The second-order valence-corrected chi connectivity index (χ2v) is 7.59. The van der Waals surface area contributed by atoms with Crippen molar-refractivity contribution >= 4 is 11.9 Å². The van der Waals surface area contributed by atoms with Gasteiger partial charge >= 0.3 is 5.97 Å². The lowest BCUT2D eigenvalue weighted by Crippen LogP contribution is -2.34. The first kappa shape index (κ1) is 23.1. The van der Waals surface area contributed by atoms with Crippen LogP contribution in [0.25, 0.3) is 0 Å². The number of benzene rings is 1. The van der Waals surface area contributed by atoms with Crippen LogP contribution >= 0.6 is 0 Å². The highest BCUT2D eigenvalue weighted by atomic mass is 19.1. The monoisotopic (exact) mass is 381 g/mol. The average Bonchev–Trinajstić information content (AvgIpc) is 2.57. The lowest BCUT2D eigenvalue weighted by molar-refractivity contribution is -0.155. The number of hydrogen-bond acceptors (Lipinski definition) is 4. The highest BCUT2D eigenvalue weighted by Gasteiger charge is 2.26. The molecule has 0 aliphatic heterocycles. The van der Waals surface area contributed by atoms with Crippen LogP contribution < -0.4 is 0 Å². The standard InChI is InChI=1S/C21H32FNO4/c1-6-15-12-16(8-9-18(15)22)17(14-20(26)27-21(3,4)5)13-19(25)23(7-2)10-11-24/h8-9,12,17,24H,6-7,10-11,13-14H2,1-5H3. The first-order chi connectivity index (χ1) is 12.6. The number of aliphatic hydroxyl groups is 1. The molecule has 0 saturated carbocycles. The largest absolute Gasteiger partial charge is 0.460 e. The number of nitrogens with zero attached hydrogens (tertiary/aromatic N) is 1. The fourth-order valence-electron chi connectivity index (χ4n) is 2.93. The van der Waals surface area contributed by atoms with Crippen molar-refractivity contribution in [1.82, 2.24) is 4.90 Å². The zero-order chi connectivity index (χ0) is 20.6. The Morgan fingerprint density at radius 3 is 2.41 bits per heavy atom. The molecular weight excluding hydrogens is 349 g/mol. The molecule has 1 rings (SSSR count). The predicted octanol–water partition coefficient (Wildman–Crippen LogP) is 3.43. The van der Waals surface area contributed by atoms with Crippen molar-refractivity contribution in [2.45, 2.75) is 65.4 Å². The van der Waals surface area contributed by atoms with E-state index in [1.54, 1.807) is 37.8 Å². The molecular formula is C21H32FNO4. The van der Waals surface area contributed by atoms with Crippen LogP contribution in [0.1, 0.15) is 64.5 Å². The summed E-state index contributed by atoms with van der Waals surface area (Å²) in [7, 11) is 0. The smallest absolute Gasteiger partial charge is 0.306 e. The Hall–Kier alpha value is -1.95. The Kier molecular flexibility index (Phi) is 8.89. The van der Waals surface area contributed by atoms with E-state index in [-0.39, 0.29) is 37.7 Å². The van der Waals surface area contributed by atoms with Gasteiger partial charge in [-0.1, -0.05) is 19.1 Å². The maximum absolute atomic E-state index is 13.9. The van der Waals surface area contributed by atoms with Crippen molar-refractivity contribution in [3.8, 4) is 0 Å². The van der Waals surface area contributed by atoms with E-state index in [1.165, 1.54) is 6.07 Å². The molecule has 0 radical (unpaired) electrons. The van der Waals surface area contributed by atoms with Crippen molar-refractivity contribution in [2.75, 3.05) is 19.7 Å². The quantitative estimate of drug-likeness (QED) is 0.666. The van der Waals surface area contributed by atoms with Crippen molar-refractivity contribution < 1.29 is 23.8 Å². The molecule has 5 nitrogen and oxygen atoms in total. The van der Waals surface area contributed by atoms with Crippen LogP contribution in [0.5, 0.6) is 0 Å². The minimum absolute atomic E-state index is 0.0362. The number of aliphatic hydroxyl groups excluding tert-OH is 1. The number of ether oxygens (including phenoxy) is 1. The Labute approximate surface area is 161 Å². The number of esters is 1. The molecule has 0 heterocycles. The van der Waals surface area contributed by atoms with Gasteiger partial charge < -0.3 is 14.7 Å². The van der Waals surface area contributed by atoms with Crippen LogP contribution in [0.2, 0.25) is 0 Å². The summed E-state index contributed by atoms with van der Waals surface area (Å²) >= 11 is 0. The van der Waals surface area contributed by atoms with Crippen LogP contribution in [0.15, 0.2) is 18.2 Å². The van der Waals surface area contributed by atoms with Gasteiger partial charge in [0.2, 0.25) is 5.91 Å². The highest BCUT2D eigenvalue weighted by molar-refractivity contribution is 5.79. The number of halogens is 1. The van der Waals surface area contributed by atoms with Gasteiger partial charge in [0.15, 0.2) is 0 Å². The SMILES string of the molecule is CCc1cc(C(CC(=O)OC(C)(C)C)CC(=O)N(CC)CCO)ccc1F. The number of amides is 1. The zero-order valence-corrected chi connectivity index (χ0v) is 17.0. The summed E-state index contributed by atoms with van der Waals surface area (Å²) in [5.74, 6) is -1.25. The van der Waals surface area contributed by atoms with E-state index in [1.807, 2.05) is 13.8 Å². The number of aryl methyl sites for hydroxylation is 1. The second kappa shape index (κ2) is 10.4. The van der Waals surface area contributed by atoms with Gasteiger partial charge in [0.25, 0.3) is 0 Å². The fourth-order valence-corrected chi connectivity index (χ4v) is 2.93. The molecule has 1 N–H and O–H groups in total. The minimum atomic E-state index is -0.616. The first-order valence-corrected chi connectivity index (χ1v) is 9.50. The lowest BCUT2D eigenvalue weighted by atomic mass is 9.90. The molecule has 0 aliphatic carbocycles. The van der Waals surface area contributed by atoms with Gasteiger partial charge in [0.05, 0.1) is 13.0 Å². The summed E-state index contributed by atoms with van der Waals surface area (Å²) in [6.45, 7) is 9.67. The average molecular weight is 381 g/mol. The van der Waals surface area contributed by atoms with E-state index in [0.29, 0.717) is 18.5 Å². The molecule has 1 amide bonds. The van der Waals surface area contributed by atoms with Crippen LogP contribution in [0, 0.1) is 5.82 Å². The van der Waals surface area contributed by atoms with Crippen LogP contribution in [-0.2, 0) is 20.7 Å². The van der Waals surface area contributed by atoms with Gasteiger partial charge in [-0.15, -0.1) is 0 Å². The number of carbonyl (C=O) groups is 2. The van der Waals surface area contributed by atoms with E-state index in [4.69, 9.17) is 9.84 Å². The molecule has 0 aromatic heterocycles. The molecule has 152 valence electrons. The van der Waals surface area contributed by atoms with Gasteiger partial charge in [0, 0.05) is 25.4 Å². The first-order valence-electron chi connectivity index (χ1n) is 9.50. The Morgan fingerprint density at radius 2 is 1.89 bits per heavy atom. The van der Waals surface area contributed by atoms with E-state index in [2.05, 4.69) is 0 Å². The Morgan fingerprint density at radius 1 is 1.22 bits per heavy atom. The summed E-state index contributed by atoms with van der Waals surface area (Å²) < 4.78 is 19.3. The maximum Gasteiger partial charge on any atom is 0.306 e. The summed E-state index contributed by atoms with van der Waals surface area (Å²) in [6.07, 6.45) is 0.661. The molecule has 1 aromatic rings. The van der Waals surface area contributed by atoms with E-state index in [0.717, 1.165) is 5.56 Å². The van der Waals surface area contributed by atoms with Crippen molar-refractivity contribution in [2.24, 2.45) is 0 Å². The normalized spacial score (nSPS) is 12.6. The minimum Gasteiger partial charge on any atom is -0.460 e. The van der Waals surface area contributed by atoms with Gasteiger partial charge in [-0.3, -0.25) is 9.59 Å². The van der Waals surface area contributed by atoms with E-state index in [9.17, 15) is 14.0 Å². The molecule has 6 heteroatoms. The molecule has 1 aromatic carbocycles. The molecule has 0 aliphatic rings. The third kappa shape index (κ3) is 7.67. The fraction of sp³-hybridized carbons (Fsp3) is 0.619. The third-order valence-electron chi connectivity index (χ3n) is 4.28. The summed E-state index contributed by atoms with van der Waals surface area (Å²) in [4.78, 5) is 26.5. The molecule has 1 unspecified atom stereocenters. The molecule has 0 saturated heterocycles. The molecule has 0 spiro atoms.